The van der Waals surface area contributed by atoms with Crippen molar-refractivity contribution in [2.45, 2.75) is 12.8 Å². The van der Waals surface area contributed by atoms with Crippen LogP contribution in [0, 0.1) is 7.14 Å². The Balaban J connectivity index is 1.71. The molecule has 0 spiro atoms. The normalized spacial score (nSPS) is 13.9. The molecule has 0 radical (unpaired) electrons. The molecule has 3 rings (SSSR count). The Labute approximate surface area is 154 Å². The summed E-state index contributed by atoms with van der Waals surface area (Å²) in [5, 5.41) is 0.563. The molecule has 1 fully saturated rings. The molecule has 2 aromatic carbocycles. The average molecular weight is 452 g/mol. The smallest absolute Gasteiger partial charge is 0.364 e. The van der Waals surface area contributed by atoms with Crippen LogP contribution in [0.3, 0.4) is 0 Å². The van der Waals surface area contributed by atoms with Gasteiger partial charge in [0.25, 0.3) is 11.8 Å². The van der Waals surface area contributed by atoms with Gasteiger partial charge in [-0.15, -0.1) is 5.06 Å². The van der Waals surface area contributed by atoms with E-state index in [1.54, 1.807) is 25.3 Å². The van der Waals surface area contributed by atoms with E-state index in [-0.39, 0.29) is 12.8 Å². The minimum Gasteiger partial charge on any atom is -0.497 e. The Kier molecular flexibility index (Phi) is 5.32. The van der Waals surface area contributed by atoms with E-state index in [1.807, 2.05) is 30.3 Å². The molecule has 0 N–H and O–H groups in total. The van der Waals surface area contributed by atoms with Crippen LogP contribution in [0.15, 0.2) is 48.5 Å². The van der Waals surface area contributed by atoms with Gasteiger partial charge in [0.2, 0.25) is 0 Å². The molecule has 6 nitrogen and oxygen atoms in total. The van der Waals surface area contributed by atoms with Crippen LogP contribution >= 0.6 is 0 Å². The van der Waals surface area contributed by atoms with E-state index in [9.17, 15) is 14.4 Å². The van der Waals surface area contributed by atoms with Crippen molar-refractivity contribution >= 4 is 17.8 Å². The summed E-state index contributed by atoms with van der Waals surface area (Å²) in [6.45, 7) is 0. The number of hydrogen-bond donors (Lipinski definition) is 0. The second kappa shape index (κ2) is 7.64. The lowest BCUT2D eigenvalue weighted by Crippen LogP contribution is -3.61. The van der Waals surface area contributed by atoms with Crippen LogP contribution in [-0.4, -0.2) is 30.0 Å². The first kappa shape index (κ1) is 17.4. The zero-order chi connectivity index (χ0) is 17.8. The predicted molar refractivity (Wildman–Crippen MR) is 83.3 cm³/mol. The third-order valence-corrected chi connectivity index (χ3v) is 6.14. The molecule has 0 saturated carbocycles. The van der Waals surface area contributed by atoms with Crippen molar-refractivity contribution in [3.8, 4) is 5.75 Å². The van der Waals surface area contributed by atoms with Crippen LogP contribution in [0.25, 0.3) is 0 Å². The van der Waals surface area contributed by atoms with Crippen molar-refractivity contribution in [1.29, 1.82) is 0 Å². The summed E-state index contributed by atoms with van der Waals surface area (Å²) in [6.07, 6.45) is 0.157. The molecule has 0 atom stereocenters. The molecule has 0 aliphatic carbocycles. The van der Waals surface area contributed by atoms with Crippen LogP contribution < -0.4 is 25.9 Å². The highest BCUT2D eigenvalue weighted by Gasteiger charge is 2.33. The summed E-state index contributed by atoms with van der Waals surface area (Å²) in [5.41, 5.74) is 0.318. The second-order valence-electron chi connectivity index (χ2n) is 5.22. The SMILES string of the molecule is COc1ccc([I+]c2cccc(C(=O)ON3C(=O)CCC3=O)c2)cc1. The van der Waals surface area contributed by atoms with Crippen molar-refractivity contribution in [2.75, 3.05) is 7.11 Å². The molecule has 1 saturated heterocycles. The quantitative estimate of drug-likeness (QED) is 0.432. The fourth-order valence-electron chi connectivity index (χ4n) is 2.23. The highest BCUT2D eigenvalue weighted by atomic mass is 127. The lowest BCUT2D eigenvalue weighted by atomic mass is 10.2. The van der Waals surface area contributed by atoms with Crippen LogP contribution in [0.1, 0.15) is 23.2 Å². The molecule has 1 aliphatic rings. The molecule has 0 aromatic heterocycles. The van der Waals surface area contributed by atoms with Crippen LogP contribution in [-0.2, 0) is 14.4 Å². The van der Waals surface area contributed by atoms with Gasteiger partial charge >= 0.3 is 27.2 Å². The van der Waals surface area contributed by atoms with Crippen molar-refractivity contribution in [2.24, 2.45) is 0 Å². The minimum atomic E-state index is -0.704. The first-order valence-electron chi connectivity index (χ1n) is 7.54. The number of rotatable bonds is 5. The van der Waals surface area contributed by atoms with Crippen LogP contribution in [0.4, 0.5) is 0 Å². The third-order valence-electron chi connectivity index (χ3n) is 3.51. The summed E-state index contributed by atoms with van der Waals surface area (Å²) in [7, 11) is 1.62. The molecule has 1 aliphatic heterocycles. The summed E-state index contributed by atoms with van der Waals surface area (Å²) in [6, 6.07) is 14.9. The standard InChI is InChI=1S/C18H15INO5/c1-24-15-7-5-13(6-8-15)19-14-4-2-3-12(11-14)18(23)25-20-16(21)9-10-17(20)22/h2-8,11H,9-10H2,1H3/q+1. The van der Waals surface area contributed by atoms with E-state index >= 15 is 0 Å². The van der Waals surface area contributed by atoms with E-state index in [4.69, 9.17) is 9.57 Å². The Morgan fingerprint density at radius 3 is 2.32 bits per heavy atom. The second-order valence-corrected chi connectivity index (χ2v) is 8.25. The number of imide groups is 1. The highest BCUT2D eigenvalue weighted by molar-refractivity contribution is 6.02. The van der Waals surface area contributed by atoms with E-state index in [2.05, 4.69) is 0 Å². The highest BCUT2D eigenvalue weighted by Crippen LogP contribution is 2.14. The summed E-state index contributed by atoms with van der Waals surface area (Å²) < 4.78 is 7.34. The number of amides is 2. The van der Waals surface area contributed by atoms with E-state index in [0.29, 0.717) is 10.6 Å². The topological polar surface area (TPSA) is 72.9 Å². The fraction of sp³-hybridized carbons (Fsp3) is 0.167. The van der Waals surface area contributed by atoms with Gasteiger partial charge in [0, 0.05) is 18.9 Å². The number of carbonyl (C=O) groups is 3. The Morgan fingerprint density at radius 2 is 1.68 bits per heavy atom. The largest absolute Gasteiger partial charge is 0.497 e. The zero-order valence-corrected chi connectivity index (χ0v) is 15.6. The average Bonchev–Trinajstić information content (AvgIpc) is 2.94. The molecular formula is C18H15INO5+. The van der Waals surface area contributed by atoms with E-state index in [0.717, 1.165) is 9.32 Å². The Bertz CT molecular complexity index is 802. The first-order chi connectivity index (χ1) is 12.1. The van der Waals surface area contributed by atoms with Gasteiger partial charge in [0.1, 0.15) is 5.75 Å². The number of hydroxylamine groups is 2. The van der Waals surface area contributed by atoms with E-state index < -0.39 is 39.0 Å². The number of carbonyl (C=O) groups excluding carboxylic acids is 3. The summed E-state index contributed by atoms with van der Waals surface area (Å²) in [5.74, 6) is -0.880. The van der Waals surface area contributed by atoms with Crippen molar-refractivity contribution in [3.63, 3.8) is 0 Å². The van der Waals surface area contributed by atoms with Gasteiger partial charge in [-0.25, -0.2) is 4.79 Å². The first-order valence-corrected chi connectivity index (χ1v) is 9.69. The van der Waals surface area contributed by atoms with Gasteiger partial charge < -0.3 is 9.57 Å². The third kappa shape index (κ3) is 4.16. The zero-order valence-electron chi connectivity index (χ0n) is 13.4. The maximum Gasteiger partial charge on any atom is 0.364 e. The van der Waals surface area contributed by atoms with Gasteiger partial charge in [-0.3, -0.25) is 9.59 Å². The van der Waals surface area contributed by atoms with Gasteiger partial charge in [-0.2, -0.15) is 0 Å². The predicted octanol–water partition coefficient (Wildman–Crippen LogP) is -0.956. The maximum atomic E-state index is 12.2. The van der Waals surface area contributed by atoms with Crippen LogP contribution in [0.2, 0.25) is 0 Å². The number of hydrogen-bond acceptors (Lipinski definition) is 5. The number of benzene rings is 2. The number of nitrogens with zero attached hydrogens (tertiary/aromatic N) is 1. The van der Waals surface area contributed by atoms with Gasteiger partial charge in [-0.05, 0) is 36.4 Å². The van der Waals surface area contributed by atoms with Crippen molar-refractivity contribution in [1.82, 2.24) is 5.06 Å². The molecule has 1 heterocycles. The molecule has 25 heavy (non-hydrogen) atoms. The summed E-state index contributed by atoms with van der Waals surface area (Å²) in [4.78, 5) is 40.2. The number of methoxy groups -OCH3 is 1. The van der Waals surface area contributed by atoms with Crippen molar-refractivity contribution in [3.05, 3.63) is 61.2 Å². The van der Waals surface area contributed by atoms with Crippen LogP contribution in [0.5, 0.6) is 5.75 Å². The molecule has 2 amide bonds. The molecule has 7 heteroatoms. The number of halogens is 1. The van der Waals surface area contributed by atoms with E-state index in [1.165, 1.54) is 3.57 Å². The monoisotopic (exact) mass is 452 g/mol. The van der Waals surface area contributed by atoms with Gasteiger partial charge in [-0.1, -0.05) is 6.07 Å². The summed E-state index contributed by atoms with van der Waals surface area (Å²) >= 11 is -0.477. The maximum absolute atomic E-state index is 12.2. The van der Waals surface area contributed by atoms with Gasteiger partial charge in [0.15, 0.2) is 7.14 Å². The lowest BCUT2D eigenvalue weighted by molar-refractivity contribution is -0.597. The molecular weight excluding hydrogens is 437 g/mol. The fourth-order valence-corrected chi connectivity index (χ4v) is 4.54. The molecule has 0 bridgehead atoms. The molecule has 128 valence electrons. The molecule has 2 aromatic rings. The Hall–Kier alpha value is -2.42. The number of ether oxygens (including phenoxy) is 1. The van der Waals surface area contributed by atoms with Gasteiger partial charge in [0.05, 0.1) is 12.7 Å². The minimum absolute atomic E-state index is 0.0785. The Morgan fingerprint density at radius 1 is 1.00 bits per heavy atom. The lowest BCUT2D eigenvalue weighted by Gasteiger charge is -2.12. The molecule has 0 unspecified atom stereocenters. The van der Waals surface area contributed by atoms with Crippen molar-refractivity contribution < 1.29 is 45.2 Å².